The molecule has 5 nitrogen and oxygen atoms in total. The van der Waals surface area contributed by atoms with E-state index >= 15 is 0 Å². The molecule has 0 saturated carbocycles. The van der Waals surface area contributed by atoms with Crippen LogP contribution >= 0.6 is 27.5 Å². The van der Waals surface area contributed by atoms with E-state index in [1.54, 1.807) is 24.3 Å². The quantitative estimate of drug-likeness (QED) is 0.495. The minimum atomic E-state index is -0.499. The first-order valence-electron chi connectivity index (χ1n) is 5.91. The van der Waals surface area contributed by atoms with E-state index in [-0.39, 0.29) is 11.6 Å². The normalized spacial score (nSPS) is 10.2. The maximum atomic E-state index is 12.1. The Bertz CT molecular complexity index is 689. The Hall–Kier alpha value is -1.92. The minimum absolute atomic E-state index is 0.0497. The molecule has 0 bridgehead atoms. The highest BCUT2D eigenvalue weighted by Gasteiger charge is 2.12. The largest absolute Gasteiger partial charge is 0.321 e. The maximum absolute atomic E-state index is 12.1. The van der Waals surface area contributed by atoms with Crippen LogP contribution < -0.4 is 5.32 Å². The first kappa shape index (κ1) is 15.5. The maximum Gasteiger partial charge on any atom is 0.270 e. The number of alkyl halides is 1. The van der Waals surface area contributed by atoms with E-state index in [0.717, 1.165) is 5.56 Å². The summed E-state index contributed by atoms with van der Waals surface area (Å²) in [6.07, 6.45) is 0. The molecule has 0 aliphatic heterocycles. The van der Waals surface area contributed by atoms with Crippen LogP contribution in [0.3, 0.4) is 0 Å². The zero-order chi connectivity index (χ0) is 15.4. The van der Waals surface area contributed by atoms with Gasteiger partial charge < -0.3 is 5.32 Å². The highest BCUT2D eigenvalue weighted by molar-refractivity contribution is 9.10. The predicted molar refractivity (Wildman–Crippen MR) is 84.7 cm³/mol. The van der Waals surface area contributed by atoms with Crippen molar-refractivity contribution in [3.8, 4) is 0 Å². The van der Waals surface area contributed by atoms with E-state index in [1.807, 2.05) is 0 Å². The predicted octanol–water partition coefficient (Wildman–Crippen LogP) is 4.35. The number of rotatable bonds is 4. The smallest absolute Gasteiger partial charge is 0.270 e. The molecule has 0 fully saturated rings. The van der Waals surface area contributed by atoms with Crippen LogP contribution in [-0.4, -0.2) is 10.8 Å². The summed E-state index contributed by atoms with van der Waals surface area (Å²) in [4.78, 5) is 22.2. The van der Waals surface area contributed by atoms with Gasteiger partial charge in [0.05, 0.1) is 10.6 Å². The van der Waals surface area contributed by atoms with Crippen LogP contribution in [0.25, 0.3) is 0 Å². The monoisotopic (exact) mass is 368 g/mol. The number of anilines is 1. The number of non-ortho nitro benzene ring substituents is 1. The number of carbonyl (C=O) groups excluding carboxylic acids is 1. The Morgan fingerprint density at radius 3 is 2.43 bits per heavy atom. The summed E-state index contributed by atoms with van der Waals surface area (Å²) in [7, 11) is 0. The molecule has 0 heterocycles. The third kappa shape index (κ3) is 3.80. The Kier molecular flexibility index (Phi) is 4.93. The molecule has 0 saturated heterocycles. The van der Waals surface area contributed by atoms with E-state index in [0.29, 0.717) is 21.6 Å². The standard InChI is InChI=1S/C14H10BrClN2O3/c15-12-7-11(18(20)21)5-6-13(12)17-14(19)10-3-1-9(8-16)2-4-10/h1-7H,8H2,(H,17,19). The number of nitrogens with zero attached hydrogens (tertiary/aromatic N) is 1. The van der Waals surface area contributed by atoms with Crippen LogP contribution in [0.5, 0.6) is 0 Å². The molecule has 21 heavy (non-hydrogen) atoms. The van der Waals surface area contributed by atoms with Crippen molar-refractivity contribution in [3.63, 3.8) is 0 Å². The molecule has 0 aromatic heterocycles. The molecule has 7 heteroatoms. The SMILES string of the molecule is O=C(Nc1ccc([N+](=O)[O-])cc1Br)c1ccc(CCl)cc1. The van der Waals surface area contributed by atoms with Crippen LogP contribution in [0.15, 0.2) is 46.9 Å². The molecule has 2 aromatic carbocycles. The molecule has 1 N–H and O–H groups in total. The Morgan fingerprint density at radius 1 is 1.24 bits per heavy atom. The van der Waals surface area contributed by atoms with Crippen molar-refractivity contribution in [1.82, 2.24) is 0 Å². The second-order valence-corrected chi connectivity index (χ2v) is 5.33. The lowest BCUT2D eigenvalue weighted by atomic mass is 10.1. The lowest BCUT2D eigenvalue weighted by molar-refractivity contribution is -0.384. The number of nitro groups is 1. The summed E-state index contributed by atoms with van der Waals surface area (Å²) >= 11 is 8.89. The lowest BCUT2D eigenvalue weighted by Crippen LogP contribution is -2.12. The Labute approximate surface area is 134 Å². The fourth-order valence-electron chi connectivity index (χ4n) is 1.66. The van der Waals surface area contributed by atoms with Gasteiger partial charge in [0.1, 0.15) is 0 Å². The first-order chi connectivity index (χ1) is 10.0. The number of halogens is 2. The van der Waals surface area contributed by atoms with Crippen molar-refractivity contribution in [2.75, 3.05) is 5.32 Å². The Morgan fingerprint density at radius 2 is 1.90 bits per heavy atom. The van der Waals surface area contributed by atoms with Gasteiger partial charge in [0, 0.05) is 28.0 Å². The number of hydrogen-bond donors (Lipinski definition) is 1. The van der Waals surface area contributed by atoms with E-state index in [2.05, 4.69) is 21.2 Å². The summed E-state index contributed by atoms with van der Waals surface area (Å²) < 4.78 is 0.447. The molecule has 0 unspecified atom stereocenters. The van der Waals surface area contributed by atoms with Crippen LogP contribution in [0.2, 0.25) is 0 Å². The second kappa shape index (κ2) is 6.69. The molecule has 0 spiro atoms. The van der Waals surface area contributed by atoms with Gasteiger partial charge in [-0.15, -0.1) is 11.6 Å². The number of hydrogen-bond acceptors (Lipinski definition) is 3. The highest BCUT2D eigenvalue weighted by Crippen LogP contribution is 2.27. The Balaban J connectivity index is 2.17. The van der Waals surface area contributed by atoms with Crippen molar-refractivity contribution in [2.45, 2.75) is 5.88 Å². The van der Waals surface area contributed by atoms with E-state index in [1.165, 1.54) is 18.2 Å². The third-order valence-corrected chi connectivity index (χ3v) is 3.75. The zero-order valence-electron chi connectivity index (χ0n) is 10.7. The van der Waals surface area contributed by atoms with Crippen LogP contribution in [0.4, 0.5) is 11.4 Å². The summed E-state index contributed by atoms with van der Waals surface area (Å²) in [6.45, 7) is 0. The van der Waals surface area contributed by atoms with E-state index < -0.39 is 4.92 Å². The molecule has 1 amide bonds. The summed E-state index contributed by atoms with van der Waals surface area (Å²) in [5.41, 5.74) is 1.82. The highest BCUT2D eigenvalue weighted by atomic mass is 79.9. The number of nitrogens with one attached hydrogen (secondary N) is 1. The summed E-state index contributed by atoms with van der Waals surface area (Å²) in [5, 5.41) is 13.3. The van der Waals surface area contributed by atoms with Crippen molar-refractivity contribution in [3.05, 3.63) is 68.2 Å². The molecular weight excluding hydrogens is 360 g/mol. The molecule has 0 atom stereocenters. The van der Waals surface area contributed by atoms with Crippen LogP contribution in [0, 0.1) is 10.1 Å². The first-order valence-corrected chi connectivity index (χ1v) is 7.24. The topological polar surface area (TPSA) is 72.2 Å². The average Bonchev–Trinajstić information content (AvgIpc) is 2.49. The van der Waals surface area contributed by atoms with Gasteiger partial charge in [-0.2, -0.15) is 0 Å². The fourth-order valence-corrected chi connectivity index (χ4v) is 2.30. The molecule has 0 aliphatic rings. The number of benzene rings is 2. The molecule has 108 valence electrons. The average molecular weight is 370 g/mol. The zero-order valence-corrected chi connectivity index (χ0v) is 13.0. The van der Waals surface area contributed by atoms with E-state index in [4.69, 9.17) is 11.6 Å². The van der Waals surface area contributed by atoms with Gasteiger partial charge in [-0.1, -0.05) is 12.1 Å². The van der Waals surface area contributed by atoms with Gasteiger partial charge in [-0.05, 0) is 39.7 Å². The van der Waals surface area contributed by atoms with Crippen LogP contribution in [0.1, 0.15) is 15.9 Å². The van der Waals surface area contributed by atoms with Crippen molar-refractivity contribution >= 4 is 44.8 Å². The van der Waals surface area contributed by atoms with Gasteiger partial charge in [-0.3, -0.25) is 14.9 Å². The number of nitro benzene ring substituents is 1. The molecule has 2 aromatic rings. The van der Waals surface area contributed by atoms with E-state index in [9.17, 15) is 14.9 Å². The van der Waals surface area contributed by atoms with Gasteiger partial charge >= 0.3 is 0 Å². The van der Waals surface area contributed by atoms with Crippen LogP contribution in [-0.2, 0) is 5.88 Å². The number of amides is 1. The second-order valence-electron chi connectivity index (χ2n) is 4.21. The molecular formula is C14H10BrClN2O3. The number of carbonyl (C=O) groups is 1. The fraction of sp³-hybridized carbons (Fsp3) is 0.0714. The van der Waals surface area contributed by atoms with Crippen molar-refractivity contribution < 1.29 is 9.72 Å². The van der Waals surface area contributed by atoms with Crippen molar-refractivity contribution in [2.24, 2.45) is 0 Å². The summed E-state index contributed by atoms with van der Waals surface area (Å²) in [6, 6.07) is 11.0. The minimum Gasteiger partial charge on any atom is -0.321 e. The molecule has 0 aliphatic carbocycles. The molecule has 2 rings (SSSR count). The van der Waals surface area contributed by atoms with Gasteiger partial charge in [0.2, 0.25) is 0 Å². The third-order valence-electron chi connectivity index (χ3n) is 2.78. The van der Waals surface area contributed by atoms with Gasteiger partial charge in [0.15, 0.2) is 0 Å². The molecule has 0 radical (unpaired) electrons. The van der Waals surface area contributed by atoms with Gasteiger partial charge in [-0.25, -0.2) is 0 Å². The van der Waals surface area contributed by atoms with Crippen molar-refractivity contribution in [1.29, 1.82) is 0 Å². The lowest BCUT2D eigenvalue weighted by Gasteiger charge is -2.07. The summed E-state index contributed by atoms with van der Waals surface area (Å²) in [5.74, 6) is 0.0844. The van der Waals surface area contributed by atoms with Gasteiger partial charge in [0.25, 0.3) is 11.6 Å².